The van der Waals surface area contributed by atoms with Crippen LogP contribution in [0.3, 0.4) is 0 Å². The summed E-state index contributed by atoms with van der Waals surface area (Å²) in [5.41, 5.74) is 0.273. The minimum atomic E-state index is -0.745. The Labute approximate surface area is 202 Å². The van der Waals surface area contributed by atoms with E-state index >= 15 is 0 Å². The van der Waals surface area contributed by atoms with E-state index in [0.717, 1.165) is 15.2 Å². The number of nitrogens with one attached hydrogen (secondary N) is 1. The van der Waals surface area contributed by atoms with E-state index in [1.165, 1.54) is 17.0 Å². The van der Waals surface area contributed by atoms with Crippen LogP contribution in [0.15, 0.2) is 65.1 Å². The van der Waals surface area contributed by atoms with E-state index in [4.69, 9.17) is 4.74 Å². The second-order valence-corrected chi connectivity index (χ2v) is 9.74. The van der Waals surface area contributed by atoms with Crippen molar-refractivity contribution in [2.75, 3.05) is 6.61 Å². The maximum absolute atomic E-state index is 13.3. The Morgan fingerprint density at radius 3 is 2.39 bits per heavy atom. The summed E-state index contributed by atoms with van der Waals surface area (Å²) < 4.78 is 20.0. The largest absolute Gasteiger partial charge is 0.483 e. The lowest BCUT2D eigenvalue weighted by atomic mass is 10.1. The van der Waals surface area contributed by atoms with Gasteiger partial charge in [0, 0.05) is 12.1 Å². The molecule has 1 atom stereocenters. The van der Waals surface area contributed by atoms with Crippen molar-refractivity contribution < 1.29 is 18.7 Å². The molecule has 3 aromatic rings. The van der Waals surface area contributed by atoms with Crippen molar-refractivity contribution in [1.29, 1.82) is 0 Å². The molecule has 3 aromatic carbocycles. The molecule has 0 aliphatic heterocycles. The maximum atomic E-state index is 13.3. The highest BCUT2D eigenvalue weighted by Crippen LogP contribution is 2.33. The molecule has 0 aliphatic carbocycles. The number of fused-ring (bicyclic) bond motifs is 1. The summed E-state index contributed by atoms with van der Waals surface area (Å²) in [6, 6.07) is 16.7. The van der Waals surface area contributed by atoms with E-state index < -0.39 is 11.6 Å². The predicted octanol–water partition coefficient (Wildman–Crippen LogP) is 5.45. The molecule has 33 heavy (non-hydrogen) atoms. The highest BCUT2D eigenvalue weighted by Gasteiger charge is 2.28. The van der Waals surface area contributed by atoms with E-state index in [-0.39, 0.29) is 30.8 Å². The Morgan fingerprint density at radius 2 is 1.73 bits per heavy atom. The molecule has 174 valence electrons. The molecule has 2 amide bonds. The first-order valence-electron chi connectivity index (χ1n) is 10.7. The molecule has 5 nitrogen and oxygen atoms in total. The number of hydrogen-bond acceptors (Lipinski definition) is 3. The fourth-order valence-corrected chi connectivity index (χ4v) is 4.00. The van der Waals surface area contributed by atoms with Crippen LogP contribution < -0.4 is 10.1 Å². The summed E-state index contributed by atoms with van der Waals surface area (Å²) in [6.07, 6.45) is 0. The van der Waals surface area contributed by atoms with Crippen LogP contribution in [0.5, 0.6) is 5.75 Å². The number of benzene rings is 3. The zero-order valence-corrected chi connectivity index (χ0v) is 20.8. The Bertz CT molecular complexity index is 1140. The Balaban J connectivity index is 1.80. The van der Waals surface area contributed by atoms with Crippen molar-refractivity contribution >= 4 is 38.5 Å². The van der Waals surface area contributed by atoms with E-state index in [9.17, 15) is 14.0 Å². The monoisotopic (exact) mass is 514 g/mol. The number of rotatable bonds is 7. The minimum Gasteiger partial charge on any atom is -0.483 e. The van der Waals surface area contributed by atoms with Crippen molar-refractivity contribution in [3.05, 3.63) is 76.5 Å². The second-order valence-electron chi connectivity index (χ2n) is 8.95. The molecule has 0 radical (unpaired) electrons. The van der Waals surface area contributed by atoms with Gasteiger partial charge in [-0.25, -0.2) is 4.39 Å². The van der Waals surface area contributed by atoms with Gasteiger partial charge < -0.3 is 15.0 Å². The van der Waals surface area contributed by atoms with Crippen molar-refractivity contribution in [2.45, 2.75) is 45.8 Å². The number of carbonyl (C=O) groups is 2. The quantitative estimate of drug-likeness (QED) is 0.455. The van der Waals surface area contributed by atoms with Crippen molar-refractivity contribution in [1.82, 2.24) is 10.2 Å². The summed E-state index contributed by atoms with van der Waals surface area (Å²) in [4.78, 5) is 27.5. The average molecular weight is 515 g/mol. The average Bonchev–Trinajstić information content (AvgIpc) is 2.76. The van der Waals surface area contributed by atoms with Gasteiger partial charge in [-0.15, -0.1) is 0 Å². The van der Waals surface area contributed by atoms with Crippen LogP contribution in [0, 0.1) is 5.82 Å². The van der Waals surface area contributed by atoms with Gasteiger partial charge in [0.05, 0.1) is 4.47 Å². The molecule has 0 fully saturated rings. The molecule has 0 spiro atoms. The summed E-state index contributed by atoms with van der Waals surface area (Å²) in [5.74, 6) is -0.448. The minimum absolute atomic E-state index is 0.153. The first kappa shape index (κ1) is 24.7. The topological polar surface area (TPSA) is 58.6 Å². The zero-order valence-electron chi connectivity index (χ0n) is 19.2. The summed E-state index contributed by atoms with van der Waals surface area (Å²) >= 11 is 3.57. The Hall–Kier alpha value is -2.93. The molecular formula is C26H28BrFN2O3. The van der Waals surface area contributed by atoms with Crippen LogP contribution >= 0.6 is 15.9 Å². The first-order chi connectivity index (χ1) is 15.5. The summed E-state index contributed by atoms with van der Waals surface area (Å²) in [6.45, 7) is 7.22. The molecule has 0 aromatic heterocycles. The zero-order chi connectivity index (χ0) is 24.2. The lowest BCUT2D eigenvalue weighted by molar-refractivity contribution is -0.142. The molecule has 0 bridgehead atoms. The van der Waals surface area contributed by atoms with E-state index in [1.807, 2.05) is 51.1 Å². The molecular weight excluding hydrogens is 487 g/mol. The van der Waals surface area contributed by atoms with E-state index in [2.05, 4.69) is 21.2 Å². The third kappa shape index (κ3) is 6.54. The van der Waals surface area contributed by atoms with Crippen molar-refractivity contribution in [3.63, 3.8) is 0 Å². The van der Waals surface area contributed by atoms with E-state index in [1.54, 1.807) is 25.1 Å². The second kappa shape index (κ2) is 10.3. The maximum Gasteiger partial charge on any atom is 0.261 e. The van der Waals surface area contributed by atoms with Crippen LogP contribution in [0.1, 0.15) is 33.3 Å². The normalized spacial score (nSPS) is 12.3. The standard InChI is InChI=1S/C26H28BrFN2O3/c1-17(25(32)29-26(2,3)4)30(15-18-9-12-20(28)13-10-18)23(31)16-33-22-14-11-19-7-5-6-8-21(19)24(22)27/h5-14,17H,15-16H2,1-4H3,(H,29,32). The van der Waals surface area contributed by atoms with Gasteiger partial charge in [-0.2, -0.15) is 0 Å². The van der Waals surface area contributed by atoms with Gasteiger partial charge in [-0.1, -0.05) is 42.5 Å². The number of ether oxygens (including phenoxy) is 1. The molecule has 3 rings (SSSR count). The van der Waals surface area contributed by atoms with Crippen molar-refractivity contribution in [2.24, 2.45) is 0 Å². The van der Waals surface area contributed by atoms with Gasteiger partial charge in [0.1, 0.15) is 17.6 Å². The van der Waals surface area contributed by atoms with Gasteiger partial charge in [-0.05, 0) is 78.2 Å². The first-order valence-corrected chi connectivity index (χ1v) is 11.5. The van der Waals surface area contributed by atoms with Crippen LogP contribution in [0.2, 0.25) is 0 Å². The SMILES string of the molecule is CC(C(=O)NC(C)(C)C)N(Cc1ccc(F)cc1)C(=O)COc1ccc2ccccc2c1Br. The number of hydrogen-bond donors (Lipinski definition) is 1. The number of halogens is 2. The van der Waals surface area contributed by atoms with Crippen LogP contribution in [-0.2, 0) is 16.1 Å². The van der Waals surface area contributed by atoms with Gasteiger partial charge in [0.25, 0.3) is 5.91 Å². The molecule has 0 heterocycles. The number of amides is 2. The molecule has 0 aliphatic rings. The van der Waals surface area contributed by atoms with Gasteiger partial charge in [0.2, 0.25) is 5.91 Å². The molecule has 1 N–H and O–H groups in total. The lowest BCUT2D eigenvalue weighted by Gasteiger charge is -2.31. The van der Waals surface area contributed by atoms with E-state index in [0.29, 0.717) is 11.3 Å². The summed E-state index contributed by atoms with van der Waals surface area (Å²) in [5, 5.41) is 4.94. The predicted molar refractivity (Wildman–Crippen MR) is 131 cm³/mol. The Morgan fingerprint density at radius 1 is 1.06 bits per heavy atom. The fourth-order valence-electron chi connectivity index (χ4n) is 3.39. The third-order valence-electron chi connectivity index (χ3n) is 5.11. The molecule has 0 saturated heterocycles. The highest BCUT2D eigenvalue weighted by molar-refractivity contribution is 9.10. The molecule has 1 unspecified atom stereocenters. The number of nitrogens with zero attached hydrogens (tertiary/aromatic N) is 1. The molecule has 7 heteroatoms. The van der Waals surface area contributed by atoms with Gasteiger partial charge in [-0.3, -0.25) is 9.59 Å². The van der Waals surface area contributed by atoms with Gasteiger partial charge in [0.15, 0.2) is 6.61 Å². The van der Waals surface area contributed by atoms with Crippen molar-refractivity contribution in [3.8, 4) is 5.75 Å². The third-order valence-corrected chi connectivity index (χ3v) is 5.93. The highest BCUT2D eigenvalue weighted by atomic mass is 79.9. The van der Waals surface area contributed by atoms with Crippen LogP contribution in [-0.4, -0.2) is 34.9 Å². The fraction of sp³-hybridized carbons (Fsp3) is 0.308. The van der Waals surface area contributed by atoms with Crippen LogP contribution in [0.25, 0.3) is 10.8 Å². The smallest absolute Gasteiger partial charge is 0.261 e. The lowest BCUT2D eigenvalue weighted by Crippen LogP contribution is -2.53. The Kier molecular flexibility index (Phi) is 7.74. The molecule has 0 saturated carbocycles. The van der Waals surface area contributed by atoms with Crippen LogP contribution in [0.4, 0.5) is 4.39 Å². The van der Waals surface area contributed by atoms with Gasteiger partial charge >= 0.3 is 0 Å². The summed E-state index contributed by atoms with van der Waals surface area (Å²) in [7, 11) is 0. The number of carbonyl (C=O) groups excluding carboxylic acids is 2.